The van der Waals surface area contributed by atoms with Crippen LogP contribution in [0.5, 0.6) is 0 Å². The molecule has 7 nitrogen and oxygen atoms in total. The molecular formula is C20H17ClN6OS. The first-order chi connectivity index (χ1) is 14.0. The summed E-state index contributed by atoms with van der Waals surface area (Å²) in [6.45, 7) is 2.39. The largest absolute Gasteiger partial charge is 0.361 e. The van der Waals surface area contributed by atoms with Crippen LogP contribution in [-0.4, -0.2) is 35.4 Å². The third-order valence-corrected chi connectivity index (χ3v) is 5.88. The molecule has 4 heterocycles. The van der Waals surface area contributed by atoms with Crippen molar-refractivity contribution >= 4 is 50.9 Å². The van der Waals surface area contributed by atoms with Crippen molar-refractivity contribution in [2.75, 3.05) is 6.26 Å². The Morgan fingerprint density at radius 1 is 1.24 bits per heavy atom. The number of halogens is 1. The number of rotatable bonds is 4. The van der Waals surface area contributed by atoms with Crippen LogP contribution >= 0.6 is 23.4 Å². The number of aromatic nitrogens is 6. The van der Waals surface area contributed by atoms with Crippen molar-refractivity contribution < 1.29 is 0 Å². The molecule has 0 spiro atoms. The topological polar surface area (TPSA) is 80.9 Å². The fraction of sp³-hybridized carbons (Fsp3) is 0.200. The zero-order valence-corrected chi connectivity index (χ0v) is 17.4. The summed E-state index contributed by atoms with van der Waals surface area (Å²) in [6.07, 6.45) is 6.41. The second-order valence-corrected chi connectivity index (χ2v) is 8.05. The second kappa shape index (κ2) is 6.89. The van der Waals surface area contributed by atoms with E-state index in [2.05, 4.69) is 20.1 Å². The molecule has 0 saturated carbocycles. The summed E-state index contributed by atoms with van der Waals surface area (Å²) in [7, 11) is 0. The molecule has 4 aromatic heterocycles. The Morgan fingerprint density at radius 2 is 2.10 bits per heavy atom. The van der Waals surface area contributed by atoms with Crippen LogP contribution in [0, 0.1) is 6.92 Å². The van der Waals surface area contributed by atoms with Crippen LogP contribution in [0.1, 0.15) is 11.3 Å². The second-order valence-electron chi connectivity index (χ2n) is 6.84. The Hall–Kier alpha value is -2.84. The molecule has 0 atom stereocenters. The van der Waals surface area contributed by atoms with Gasteiger partial charge in [0.25, 0.3) is 11.3 Å². The molecule has 0 saturated heterocycles. The van der Waals surface area contributed by atoms with E-state index < -0.39 is 0 Å². The van der Waals surface area contributed by atoms with Gasteiger partial charge in [0.1, 0.15) is 0 Å². The highest BCUT2D eigenvalue weighted by Crippen LogP contribution is 2.23. The van der Waals surface area contributed by atoms with Crippen molar-refractivity contribution in [1.82, 2.24) is 29.1 Å². The van der Waals surface area contributed by atoms with Crippen molar-refractivity contribution in [2.24, 2.45) is 0 Å². The van der Waals surface area contributed by atoms with Crippen molar-refractivity contribution in [2.45, 2.75) is 25.0 Å². The number of hydrogen-bond acceptors (Lipinski definition) is 5. The molecule has 0 aliphatic heterocycles. The molecule has 0 fully saturated rings. The van der Waals surface area contributed by atoms with Gasteiger partial charge in [0.2, 0.25) is 5.16 Å². The number of H-pyrrole nitrogens is 1. The van der Waals surface area contributed by atoms with Gasteiger partial charge in [-0.15, -0.1) is 5.10 Å². The van der Waals surface area contributed by atoms with E-state index in [4.69, 9.17) is 11.6 Å². The third kappa shape index (κ3) is 2.99. The number of aryl methyl sites for hydroxylation is 3. The van der Waals surface area contributed by atoms with Crippen molar-refractivity contribution in [3.8, 4) is 0 Å². The van der Waals surface area contributed by atoms with Crippen LogP contribution in [-0.2, 0) is 13.0 Å². The molecule has 1 aromatic carbocycles. The molecule has 0 aliphatic carbocycles. The molecule has 29 heavy (non-hydrogen) atoms. The molecular weight excluding hydrogens is 408 g/mol. The maximum absolute atomic E-state index is 13.2. The zero-order valence-electron chi connectivity index (χ0n) is 15.8. The normalized spacial score (nSPS) is 11.8. The van der Waals surface area contributed by atoms with Crippen LogP contribution in [0.2, 0.25) is 5.02 Å². The highest BCUT2D eigenvalue weighted by Gasteiger charge is 2.14. The number of pyridine rings is 1. The van der Waals surface area contributed by atoms with Crippen LogP contribution in [0.4, 0.5) is 0 Å². The van der Waals surface area contributed by atoms with Gasteiger partial charge in [-0.05, 0) is 49.4 Å². The molecule has 0 amide bonds. The number of aromatic amines is 1. The monoisotopic (exact) mass is 424 g/mol. The summed E-state index contributed by atoms with van der Waals surface area (Å²) >= 11 is 7.59. The minimum absolute atomic E-state index is 0.0755. The number of thioether (sulfide) groups is 1. The smallest absolute Gasteiger partial charge is 0.261 e. The number of fused-ring (bicyclic) bond motifs is 4. The van der Waals surface area contributed by atoms with E-state index >= 15 is 0 Å². The SMILES string of the molecule is CSc1nc2nc(C)c3c(=O)n(CCc4c[nH]c5ccc(Cl)cc45)ccc3n2n1. The first-order valence-corrected chi connectivity index (χ1v) is 10.7. The van der Waals surface area contributed by atoms with Gasteiger partial charge in [-0.25, -0.2) is 4.98 Å². The molecule has 9 heteroatoms. The van der Waals surface area contributed by atoms with Crippen LogP contribution in [0.15, 0.2) is 46.6 Å². The summed E-state index contributed by atoms with van der Waals surface area (Å²) in [5.74, 6) is 0.507. The van der Waals surface area contributed by atoms with Crippen molar-refractivity contribution in [1.29, 1.82) is 0 Å². The molecule has 0 aliphatic rings. The maximum atomic E-state index is 13.2. The van der Waals surface area contributed by atoms with E-state index in [1.54, 1.807) is 9.08 Å². The molecule has 146 valence electrons. The van der Waals surface area contributed by atoms with Gasteiger partial charge in [0.15, 0.2) is 0 Å². The van der Waals surface area contributed by atoms with Gasteiger partial charge in [-0.2, -0.15) is 9.50 Å². The van der Waals surface area contributed by atoms with Crippen molar-refractivity contribution in [3.05, 3.63) is 63.3 Å². The van der Waals surface area contributed by atoms with Gasteiger partial charge >= 0.3 is 0 Å². The molecule has 0 unspecified atom stereocenters. The number of nitrogens with zero attached hydrogens (tertiary/aromatic N) is 5. The van der Waals surface area contributed by atoms with E-state index in [9.17, 15) is 4.79 Å². The van der Waals surface area contributed by atoms with Gasteiger partial charge in [0.05, 0.1) is 16.6 Å². The molecule has 5 aromatic rings. The average Bonchev–Trinajstić information content (AvgIpc) is 3.30. The predicted octanol–water partition coefficient (Wildman–Crippen LogP) is 3.85. The predicted molar refractivity (Wildman–Crippen MR) is 116 cm³/mol. The molecule has 5 rings (SSSR count). The van der Waals surface area contributed by atoms with Crippen LogP contribution in [0.3, 0.4) is 0 Å². The summed E-state index contributed by atoms with van der Waals surface area (Å²) < 4.78 is 3.36. The lowest BCUT2D eigenvalue weighted by Gasteiger charge is -2.09. The highest BCUT2D eigenvalue weighted by molar-refractivity contribution is 7.98. The lowest BCUT2D eigenvalue weighted by molar-refractivity contribution is 0.675. The first kappa shape index (κ1) is 18.2. The molecule has 0 bridgehead atoms. The maximum Gasteiger partial charge on any atom is 0.261 e. The summed E-state index contributed by atoms with van der Waals surface area (Å²) in [4.78, 5) is 25.3. The minimum Gasteiger partial charge on any atom is -0.361 e. The van der Waals surface area contributed by atoms with Gasteiger partial charge in [-0.1, -0.05) is 23.4 Å². The molecule has 1 N–H and O–H groups in total. The van der Waals surface area contributed by atoms with E-state index in [0.29, 0.717) is 40.0 Å². The van der Waals surface area contributed by atoms with E-state index in [1.165, 1.54) is 11.8 Å². The van der Waals surface area contributed by atoms with Crippen LogP contribution in [0.25, 0.3) is 27.6 Å². The van der Waals surface area contributed by atoms with Gasteiger partial charge < -0.3 is 9.55 Å². The highest BCUT2D eigenvalue weighted by atomic mass is 35.5. The first-order valence-electron chi connectivity index (χ1n) is 9.11. The standard InChI is InChI=1S/C20H17ClN6OS/c1-11-17-16(27-19(23-11)24-20(25-27)29-2)6-8-26(18(17)28)7-5-12-10-22-15-4-3-13(21)9-14(12)15/h3-4,6,8-10,22H,5,7H2,1-2H3. The lowest BCUT2D eigenvalue weighted by Crippen LogP contribution is -2.22. The van der Waals surface area contributed by atoms with E-state index in [1.807, 2.05) is 49.8 Å². The van der Waals surface area contributed by atoms with Crippen molar-refractivity contribution in [3.63, 3.8) is 0 Å². The number of nitrogens with one attached hydrogen (secondary N) is 1. The van der Waals surface area contributed by atoms with E-state index in [-0.39, 0.29) is 5.56 Å². The fourth-order valence-corrected chi connectivity index (χ4v) is 4.18. The zero-order chi connectivity index (χ0) is 20.1. The Balaban J connectivity index is 1.56. The van der Waals surface area contributed by atoms with Gasteiger partial charge in [-0.3, -0.25) is 4.79 Å². The average molecular weight is 425 g/mol. The van der Waals surface area contributed by atoms with E-state index in [0.717, 1.165) is 22.0 Å². The Bertz CT molecular complexity index is 1450. The fourth-order valence-electron chi connectivity index (χ4n) is 3.67. The number of benzene rings is 1. The quantitative estimate of drug-likeness (QED) is 0.443. The van der Waals surface area contributed by atoms with Crippen LogP contribution < -0.4 is 5.56 Å². The summed E-state index contributed by atoms with van der Waals surface area (Å²) in [6, 6.07) is 7.68. The Kier molecular flexibility index (Phi) is 4.33. The summed E-state index contributed by atoms with van der Waals surface area (Å²) in [5, 5.41) is 7.42. The van der Waals surface area contributed by atoms with Gasteiger partial charge in [0, 0.05) is 34.9 Å². The third-order valence-electron chi connectivity index (χ3n) is 5.11. The Labute approximate surface area is 174 Å². The minimum atomic E-state index is -0.0755. The lowest BCUT2D eigenvalue weighted by atomic mass is 10.1. The number of hydrogen-bond donors (Lipinski definition) is 1. The molecule has 0 radical (unpaired) electrons. The summed E-state index contributed by atoms with van der Waals surface area (Å²) in [5.41, 5.74) is 3.47. The Morgan fingerprint density at radius 3 is 2.93 bits per heavy atom.